The number of rotatable bonds is 4. The van der Waals surface area contributed by atoms with Gasteiger partial charge in [0.15, 0.2) is 5.82 Å². The van der Waals surface area contributed by atoms with Crippen LogP contribution in [0.4, 0.5) is 26.4 Å². The number of hydrogen-bond acceptors (Lipinski definition) is 7. The number of pyridine rings is 2. The molecule has 0 spiro atoms. The highest BCUT2D eigenvalue weighted by molar-refractivity contribution is 6.00. The number of hydrogen-bond donors (Lipinski definition) is 3. The molecule has 0 bridgehead atoms. The highest BCUT2D eigenvalue weighted by Crippen LogP contribution is 2.41. The molecule has 3 aromatic rings. The number of amides is 2. The lowest BCUT2D eigenvalue weighted by Crippen LogP contribution is -2.54. The Balaban J connectivity index is 1.35. The Morgan fingerprint density at radius 1 is 1.22 bits per heavy atom. The van der Waals surface area contributed by atoms with Crippen LogP contribution in [0.3, 0.4) is 0 Å². The molecule has 0 radical (unpaired) electrons. The van der Waals surface area contributed by atoms with E-state index in [0.717, 1.165) is 25.1 Å². The summed E-state index contributed by atoms with van der Waals surface area (Å²) in [5, 5.41) is 14.2. The molecule has 1 aliphatic carbocycles. The second kappa shape index (κ2) is 8.75. The van der Waals surface area contributed by atoms with Crippen LogP contribution in [0.5, 0.6) is 5.88 Å². The summed E-state index contributed by atoms with van der Waals surface area (Å²) in [6.45, 7) is 4.53. The first-order valence-corrected chi connectivity index (χ1v) is 12.4. The Morgan fingerprint density at radius 2 is 2.00 bits per heavy atom. The van der Waals surface area contributed by atoms with Gasteiger partial charge in [-0.1, -0.05) is 0 Å². The summed E-state index contributed by atoms with van der Waals surface area (Å²) >= 11 is 0. The third-order valence-corrected chi connectivity index (χ3v) is 7.67. The van der Waals surface area contributed by atoms with Crippen LogP contribution < -0.4 is 20.7 Å². The topological polar surface area (TPSA) is 134 Å². The maximum atomic E-state index is 15.5. The number of carboxylic acid groups (broad SMARTS) is 1. The van der Waals surface area contributed by atoms with Crippen LogP contribution in [-0.2, 0) is 4.79 Å². The van der Waals surface area contributed by atoms with Crippen molar-refractivity contribution < 1.29 is 23.8 Å². The van der Waals surface area contributed by atoms with Crippen LogP contribution in [0.2, 0.25) is 0 Å². The van der Waals surface area contributed by atoms with E-state index < -0.39 is 11.9 Å². The van der Waals surface area contributed by atoms with Crippen molar-refractivity contribution in [2.75, 3.05) is 42.2 Å². The molecule has 1 saturated carbocycles. The van der Waals surface area contributed by atoms with Crippen molar-refractivity contribution in [2.45, 2.75) is 32.2 Å². The Bertz CT molecular complexity index is 1440. The van der Waals surface area contributed by atoms with Crippen LogP contribution >= 0.6 is 0 Å². The summed E-state index contributed by atoms with van der Waals surface area (Å²) in [5.74, 6) is 0.0241. The summed E-state index contributed by atoms with van der Waals surface area (Å²) in [6.07, 6.45) is 3.72. The summed E-state index contributed by atoms with van der Waals surface area (Å²) < 4.78 is 21.0. The molecule has 2 amide bonds. The van der Waals surface area contributed by atoms with Crippen molar-refractivity contribution in [3.05, 3.63) is 35.9 Å². The number of nitrogens with two attached hydrogens (primary N) is 1. The maximum absolute atomic E-state index is 15.5. The first-order chi connectivity index (χ1) is 17.8. The van der Waals surface area contributed by atoms with Crippen molar-refractivity contribution in [2.24, 2.45) is 5.92 Å². The van der Waals surface area contributed by atoms with Crippen LogP contribution in [0.15, 0.2) is 24.5 Å². The van der Waals surface area contributed by atoms with E-state index in [1.807, 2.05) is 11.8 Å². The second-order valence-corrected chi connectivity index (χ2v) is 9.82. The molecular weight excluding hydrogens is 479 g/mol. The quantitative estimate of drug-likeness (QED) is 0.457. The van der Waals surface area contributed by atoms with Gasteiger partial charge in [-0.05, 0) is 49.3 Å². The van der Waals surface area contributed by atoms with E-state index >= 15 is 4.39 Å². The molecule has 1 saturated heterocycles. The number of nitrogen functional groups attached to an aromatic ring is 1. The van der Waals surface area contributed by atoms with E-state index in [-0.39, 0.29) is 34.9 Å². The SMILES string of the molecule is Cc1c(-c2cc3cc(N(C(=O)O)[C@H]4C[C@@H](C(=O)N5CCC5)C4)ncc3c(N)c2F)cnc2c1NCCO2. The van der Waals surface area contributed by atoms with Crippen LogP contribution in [0.1, 0.15) is 24.8 Å². The van der Waals surface area contributed by atoms with Crippen molar-refractivity contribution in [3.63, 3.8) is 0 Å². The van der Waals surface area contributed by atoms with E-state index in [0.29, 0.717) is 53.9 Å². The summed E-state index contributed by atoms with van der Waals surface area (Å²) in [4.78, 5) is 36.4. The summed E-state index contributed by atoms with van der Waals surface area (Å²) in [5.41, 5.74) is 8.41. The first kappa shape index (κ1) is 23.3. The first-order valence-electron chi connectivity index (χ1n) is 12.4. The Hall–Kier alpha value is -4.15. The molecule has 2 aliphatic heterocycles. The van der Waals surface area contributed by atoms with E-state index in [9.17, 15) is 14.7 Å². The van der Waals surface area contributed by atoms with E-state index in [1.54, 1.807) is 18.3 Å². The van der Waals surface area contributed by atoms with E-state index in [1.165, 1.54) is 11.1 Å². The van der Waals surface area contributed by atoms with Crippen LogP contribution in [0, 0.1) is 18.7 Å². The van der Waals surface area contributed by atoms with Gasteiger partial charge in [0.25, 0.3) is 0 Å². The second-order valence-electron chi connectivity index (χ2n) is 9.82. The Morgan fingerprint density at radius 3 is 2.70 bits per heavy atom. The zero-order valence-electron chi connectivity index (χ0n) is 20.3. The third-order valence-electron chi connectivity index (χ3n) is 7.67. The number of benzene rings is 1. The molecule has 0 atom stereocenters. The number of carbonyl (C=O) groups excluding carboxylic acids is 1. The summed E-state index contributed by atoms with van der Waals surface area (Å²) in [6, 6.07) is 2.90. The van der Waals surface area contributed by atoms with E-state index in [4.69, 9.17) is 10.5 Å². The number of aromatic nitrogens is 2. The Kier molecular flexibility index (Phi) is 5.50. The number of ether oxygens (including phenoxy) is 1. The smallest absolute Gasteiger partial charge is 0.413 e. The fourth-order valence-corrected chi connectivity index (χ4v) is 5.34. The molecule has 4 N–H and O–H groups in total. The molecule has 0 unspecified atom stereocenters. The lowest BCUT2D eigenvalue weighted by molar-refractivity contribution is -0.142. The number of halogens is 1. The highest BCUT2D eigenvalue weighted by Gasteiger charge is 2.43. The minimum Gasteiger partial charge on any atom is -0.474 e. The van der Waals surface area contributed by atoms with Gasteiger partial charge < -0.3 is 25.8 Å². The van der Waals surface area contributed by atoms with Crippen molar-refractivity contribution in [1.82, 2.24) is 14.9 Å². The Labute approximate surface area is 212 Å². The van der Waals surface area contributed by atoms with Gasteiger partial charge in [0.05, 0.1) is 5.69 Å². The predicted octanol–water partition coefficient (Wildman–Crippen LogP) is 3.63. The number of nitrogens with one attached hydrogen (secondary N) is 1. The minimum atomic E-state index is -1.15. The number of fused-ring (bicyclic) bond motifs is 2. The van der Waals surface area contributed by atoms with Crippen molar-refractivity contribution in [1.29, 1.82) is 0 Å². The molecule has 192 valence electrons. The van der Waals surface area contributed by atoms with Gasteiger partial charge in [-0.2, -0.15) is 0 Å². The normalized spacial score (nSPS) is 20.2. The monoisotopic (exact) mass is 506 g/mol. The average molecular weight is 507 g/mol. The van der Waals surface area contributed by atoms with Gasteiger partial charge in [-0.3, -0.25) is 9.69 Å². The largest absolute Gasteiger partial charge is 0.474 e. The fourth-order valence-electron chi connectivity index (χ4n) is 5.34. The van der Waals surface area contributed by atoms with Crippen molar-refractivity contribution in [3.8, 4) is 17.0 Å². The average Bonchev–Trinajstić information content (AvgIpc) is 2.82. The molecule has 2 fully saturated rings. The number of nitrogens with zero attached hydrogens (tertiary/aromatic N) is 4. The highest BCUT2D eigenvalue weighted by atomic mass is 19.1. The maximum Gasteiger partial charge on any atom is 0.413 e. The molecule has 1 aromatic carbocycles. The number of carbonyl (C=O) groups is 2. The van der Waals surface area contributed by atoms with Crippen LogP contribution in [0.25, 0.3) is 21.9 Å². The molecule has 3 aliphatic rings. The van der Waals surface area contributed by atoms with Gasteiger partial charge in [0.1, 0.15) is 18.1 Å². The molecule has 37 heavy (non-hydrogen) atoms. The molecular formula is C26H27FN6O4. The molecule has 10 nitrogen and oxygen atoms in total. The minimum absolute atomic E-state index is 0.0707. The van der Waals surface area contributed by atoms with Gasteiger partial charge in [0.2, 0.25) is 11.8 Å². The van der Waals surface area contributed by atoms with Gasteiger partial charge in [-0.15, -0.1) is 0 Å². The van der Waals surface area contributed by atoms with Crippen LogP contribution in [-0.4, -0.2) is 64.3 Å². The predicted molar refractivity (Wildman–Crippen MR) is 136 cm³/mol. The summed E-state index contributed by atoms with van der Waals surface area (Å²) in [7, 11) is 0. The molecule has 6 rings (SSSR count). The molecule has 4 heterocycles. The third kappa shape index (κ3) is 3.76. The number of anilines is 3. The zero-order valence-corrected chi connectivity index (χ0v) is 20.3. The van der Waals surface area contributed by atoms with Gasteiger partial charge in [-0.25, -0.2) is 19.2 Å². The lowest BCUT2D eigenvalue weighted by Gasteiger charge is -2.43. The molecule has 11 heteroatoms. The lowest BCUT2D eigenvalue weighted by atomic mass is 9.78. The van der Waals surface area contributed by atoms with Crippen molar-refractivity contribution >= 4 is 40.0 Å². The zero-order chi connectivity index (χ0) is 25.8. The molecule has 2 aromatic heterocycles. The standard InChI is InChI=1S/C26H27FN6O4/c1-13-18(11-31-24-23(13)29-3-6-37-24)17-9-14-10-20(30-12-19(14)22(28)21(17)27)33(26(35)36)16-7-15(8-16)25(34)32-4-2-5-32/h9-12,15-16,29H,2-8,28H2,1H3,(H,35,36)/t15-,16+. The van der Waals surface area contributed by atoms with Gasteiger partial charge in [0, 0.05) is 60.5 Å². The van der Waals surface area contributed by atoms with E-state index in [2.05, 4.69) is 15.3 Å². The fraction of sp³-hybridized carbons (Fsp3) is 0.385. The number of likely N-dealkylation sites (tertiary alicyclic amines) is 1. The van der Waals surface area contributed by atoms with Gasteiger partial charge >= 0.3 is 6.09 Å².